The van der Waals surface area contributed by atoms with E-state index in [9.17, 15) is 19.2 Å². The third-order valence-corrected chi connectivity index (χ3v) is 6.36. The van der Waals surface area contributed by atoms with Gasteiger partial charge in [-0.25, -0.2) is 14.4 Å². The van der Waals surface area contributed by atoms with Gasteiger partial charge in [0.05, 0.1) is 17.0 Å². The number of nitrogens with one attached hydrogen (secondary N) is 1. The zero-order valence-corrected chi connectivity index (χ0v) is 22.2. The third kappa shape index (κ3) is 8.17. The molecular weight excluding hydrogens is 514 g/mol. The molecular formula is C31H31NO8. The number of hydrogen-bond donors (Lipinski definition) is 1. The van der Waals surface area contributed by atoms with Crippen LogP contribution in [0.15, 0.2) is 78.9 Å². The van der Waals surface area contributed by atoms with E-state index >= 15 is 0 Å². The highest BCUT2D eigenvalue weighted by Gasteiger charge is 2.26. The first-order valence-electron chi connectivity index (χ1n) is 13.2. The number of hydrogen-bond acceptors (Lipinski definition) is 8. The highest BCUT2D eigenvalue weighted by atomic mass is 16.7. The second kappa shape index (κ2) is 13.9. The van der Waals surface area contributed by atoms with E-state index in [0.717, 1.165) is 25.7 Å². The average Bonchev–Trinajstić information content (AvgIpc) is 3.51. The first kappa shape index (κ1) is 28.4. The monoisotopic (exact) mass is 545 g/mol. The highest BCUT2D eigenvalue weighted by Crippen LogP contribution is 2.30. The topological polar surface area (TPSA) is 117 Å². The minimum Gasteiger partial charge on any atom is -0.425 e. The van der Waals surface area contributed by atoms with Crippen LogP contribution in [0.25, 0.3) is 0 Å². The quantitative estimate of drug-likeness (QED) is 0.202. The van der Waals surface area contributed by atoms with Gasteiger partial charge in [-0.05, 0) is 61.2 Å². The largest absolute Gasteiger partial charge is 0.425 e. The van der Waals surface area contributed by atoms with E-state index in [1.807, 2.05) is 0 Å². The second-order valence-corrected chi connectivity index (χ2v) is 9.36. The van der Waals surface area contributed by atoms with Gasteiger partial charge in [0.15, 0.2) is 11.5 Å². The molecule has 0 radical (unpaired) electrons. The van der Waals surface area contributed by atoms with E-state index in [-0.39, 0.29) is 29.9 Å². The van der Waals surface area contributed by atoms with Crippen molar-refractivity contribution in [1.29, 1.82) is 0 Å². The summed E-state index contributed by atoms with van der Waals surface area (Å²) < 4.78 is 21.5. The molecule has 1 amide bonds. The minimum absolute atomic E-state index is 0.0608. The maximum Gasteiger partial charge on any atom is 0.410 e. The van der Waals surface area contributed by atoms with Crippen LogP contribution in [0.3, 0.4) is 0 Å². The van der Waals surface area contributed by atoms with Gasteiger partial charge in [-0.15, -0.1) is 0 Å². The molecule has 4 rings (SSSR count). The van der Waals surface area contributed by atoms with Crippen LogP contribution >= 0.6 is 0 Å². The van der Waals surface area contributed by atoms with Gasteiger partial charge in [0.1, 0.15) is 0 Å². The Labute approximate surface area is 232 Å². The predicted molar refractivity (Wildman–Crippen MR) is 145 cm³/mol. The van der Waals surface area contributed by atoms with Crippen LogP contribution in [0.5, 0.6) is 11.5 Å². The zero-order chi connectivity index (χ0) is 28.3. The third-order valence-electron chi connectivity index (χ3n) is 6.36. The highest BCUT2D eigenvalue weighted by molar-refractivity contribution is 5.93. The molecule has 3 aromatic carbocycles. The molecule has 1 fully saturated rings. The molecule has 1 saturated carbocycles. The number of rotatable bonds is 10. The van der Waals surface area contributed by atoms with Crippen molar-refractivity contribution in [3.8, 4) is 11.5 Å². The van der Waals surface area contributed by atoms with Crippen LogP contribution in [-0.2, 0) is 20.7 Å². The van der Waals surface area contributed by atoms with Gasteiger partial charge in [0.2, 0.25) is 6.29 Å². The second-order valence-electron chi connectivity index (χ2n) is 9.36. The molecule has 1 aliphatic carbocycles. The lowest BCUT2D eigenvalue weighted by molar-refractivity contribution is -0.169. The van der Waals surface area contributed by atoms with Crippen LogP contribution in [0.2, 0.25) is 0 Å². The lowest BCUT2D eigenvalue weighted by atomic mass is 10.1. The molecule has 3 aromatic rings. The summed E-state index contributed by atoms with van der Waals surface area (Å²) in [5, 5.41) is 2.61. The van der Waals surface area contributed by atoms with Gasteiger partial charge < -0.3 is 24.3 Å². The summed E-state index contributed by atoms with van der Waals surface area (Å²) in [6.45, 7) is 1.69. The van der Waals surface area contributed by atoms with Crippen LogP contribution in [0.1, 0.15) is 58.9 Å². The van der Waals surface area contributed by atoms with Crippen molar-refractivity contribution >= 4 is 24.0 Å². The van der Waals surface area contributed by atoms with E-state index in [1.54, 1.807) is 72.8 Å². The molecule has 0 aliphatic heterocycles. The van der Waals surface area contributed by atoms with Crippen LogP contribution in [0.4, 0.5) is 4.79 Å². The Kier molecular flexibility index (Phi) is 9.88. The van der Waals surface area contributed by atoms with Gasteiger partial charge in [-0.1, -0.05) is 55.3 Å². The standard InChI is InChI=1S/C31H31NO8/c1-21(37-28(33)23-14-8-9-15-23)38-31(36)32-19-18-22-16-17-26(39-29(34)24-10-4-2-5-11-24)27(20-22)40-30(35)25-12-6-3-7-13-25/h2-7,10-13,16-17,20-21,23H,8-9,14-15,18-19H2,1H3,(H,32,36). The molecule has 0 saturated heterocycles. The molecule has 9 nitrogen and oxygen atoms in total. The number of benzene rings is 3. The van der Waals surface area contributed by atoms with E-state index in [1.165, 1.54) is 13.0 Å². The van der Waals surface area contributed by atoms with Crippen LogP contribution in [-0.4, -0.2) is 36.8 Å². The molecule has 1 aliphatic rings. The number of amides is 1. The molecule has 40 heavy (non-hydrogen) atoms. The Morgan fingerprint density at radius 2 is 1.35 bits per heavy atom. The summed E-state index contributed by atoms with van der Waals surface area (Å²) in [4.78, 5) is 49.6. The fourth-order valence-corrected chi connectivity index (χ4v) is 4.28. The maximum atomic E-state index is 12.7. The van der Waals surface area contributed by atoms with E-state index in [4.69, 9.17) is 18.9 Å². The van der Waals surface area contributed by atoms with Gasteiger partial charge in [0.25, 0.3) is 0 Å². The summed E-state index contributed by atoms with van der Waals surface area (Å²) in [6, 6.07) is 21.7. The first-order valence-corrected chi connectivity index (χ1v) is 13.2. The Morgan fingerprint density at radius 1 is 0.775 bits per heavy atom. The lowest BCUT2D eigenvalue weighted by Gasteiger charge is -2.17. The van der Waals surface area contributed by atoms with Gasteiger partial charge in [-0.3, -0.25) is 4.79 Å². The first-order chi connectivity index (χ1) is 19.4. The van der Waals surface area contributed by atoms with Crippen molar-refractivity contribution in [2.24, 2.45) is 5.92 Å². The van der Waals surface area contributed by atoms with Crippen molar-refractivity contribution in [2.45, 2.75) is 45.3 Å². The summed E-state index contributed by atoms with van der Waals surface area (Å²) in [5.41, 5.74) is 1.38. The Balaban J connectivity index is 1.36. The van der Waals surface area contributed by atoms with Crippen molar-refractivity contribution < 1.29 is 38.1 Å². The summed E-state index contributed by atoms with van der Waals surface area (Å²) in [5.74, 6) is -1.55. The summed E-state index contributed by atoms with van der Waals surface area (Å²) in [6.07, 6.45) is 2.22. The number of esters is 3. The molecule has 0 bridgehead atoms. The van der Waals surface area contributed by atoms with Crippen molar-refractivity contribution in [1.82, 2.24) is 5.32 Å². The molecule has 1 N–H and O–H groups in total. The molecule has 208 valence electrons. The summed E-state index contributed by atoms with van der Waals surface area (Å²) >= 11 is 0. The van der Waals surface area contributed by atoms with Crippen LogP contribution in [0, 0.1) is 5.92 Å². The number of alkyl carbamates (subject to hydrolysis) is 1. The summed E-state index contributed by atoms with van der Waals surface area (Å²) in [7, 11) is 0. The zero-order valence-electron chi connectivity index (χ0n) is 22.2. The average molecular weight is 546 g/mol. The van der Waals surface area contributed by atoms with E-state index < -0.39 is 24.3 Å². The number of carbonyl (C=O) groups excluding carboxylic acids is 4. The fraction of sp³-hybridized carbons (Fsp3) is 0.290. The van der Waals surface area contributed by atoms with E-state index in [0.29, 0.717) is 23.1 Å². The number of ether oxygens (including phenoxy) is 4. The lowest BCUT2D eigenvalue weighted by Crippen LogP contribution is -2.32. The Morgan fingerprint density at radius 3 is 1.95 bits per heavy atom. The van der Waals surface area contributed by atoms with E-state index in [2.05, 4.69) is 5.32 Å². The predicted octanol–water partition coefficient (Wildman–Crippen LogP) is 5.47. The smallest absolute Gasteiger partial charge is 0.410 e. The Hall–Kier alpha value is -4.66. The number of carbonyl (C=O) groups is 4. The Bertz CT molecular complexity index is 1320. The van der Waals surface area contributed by atoms with Crippen molar-refractivity contribution in [2.75, 3.05) is 6.54 Å². The molecule has 0 aromatic heterocycles. The fourth-order valence-electron chi connectivity index (χ4n) is 4.28. The van der Waals surface area contributed by atoms with Crippen molar-refractivity contribution in [3.63, 3.8) is 0 Å². The maximum absolute atomic E-state index is 12.7. The molecule has 0 spiro atoms. The SMILES string of the molecule is CC(OC(=O)NCCc1ccc(OC(=O)c2ccccc2)c(OC(=O)c2ccccc2)c1)OC(=O)C1CCCC1. The van der Waals surface area contributed by atoms with Crippen molar-refractivity contribution in [3.05, 3.63) is 95.6 Å². The minimum atomic E-state index is -1.00. The van der Waals surface area contributed by atoms with Gasteiger partial charge in [-0.2, -0.15) is 0 Å². The molecule has 0 heterocycles. The van der Waals surface area contributed by atoms with Gasteiger partial charge in [0, 0.05) is 13.5 Å². The normalized spacial score (nSPS) is 13.6. The van der Waals surface area contributed by atoms with Gasteiger partial charge >= 0.3 is 24.0 Å². The molecule has 9 heteroatoms. The van der Waals surface area contributed by atoms with Crippen LogP contribution < -0.4 is 14.8 Å². The molecule has 1 unspecified atom stereocenters. The molecule has 1 atom stereocenters.